The summed E-state index contributed by atoms with van der Waals surface area (Å²) in [5.74, 6) is -0.748. The molecule has 0 amide bonds. The third-order valence-electron chi connectivity index (χ3n) is 3.74. The Hall–Kier alpha value is -2.76. The summed E-state index contributed by atoms with van der Waals surface area (Å²) in [6.45, 7) is 0. The molecule has 5 nitrogen and oxygen atoms in total. The van der Waals surface area contributed by atoms with Gasteiger partial charge in [-0.3, -0.25) is 0 Å². The van der Waals surface area contributed by atoms with E-state index in [0.29, 0.717) is 5.39 Å². The van der Waals surface area contributed by atoms with Crippen molar-refractivity contribution in [2.24, 2.45) is 0 Å². The Labute approximate surface area is 154 Å². The fourth-order valence-corrected chi connectivity index (χ4v) is 3.08. The van der Waals surface area contributed by atoms with Crippen LogP contribution in [0, 0.1) is 0 Å². The van der Waals surface area contributed by atoms with Crippen molar-refractivity contribution >= 4 is 20.7 Å². The van der Waals surface area contributed by atoms with Gasteiger partial charge in [0.2, 0.25) is 5.88 Å². The van der Waals surface area contributed by atoms with Crippen molar-refractivity contribution in [2.45, 2.75) is 17.2 Å². The molecule has 3 aromatic rings. The van der Waals surface area contributed by atoms with E-state index in [2.05, 4.69) is 4.98 Å². The predicted octanol–water partition coefficient (Wildman–Crippen LogP) is 4.32. The maximum Gasteiger partial charge on any atom is 0.418 e. The van der Waals surface area contributed by atoms with Gasteiger partial charge in [-0.1, -0.05) is 6.07 Å². The van der Waals surface area contributed by atoms with Crippen LogP contribution >= 0.6 is 0 Å². The van der Waals surface area contributed by atoms with E-state index in [1.807, 2.05) is 0 Å². The number of aromatic nitrogens is 2. The minimum atomic E-state index is -5.28. The van der Waals surface area contributed by atoms with Crippen LogP contribution in [0.25, 0.3) is 10.9 Å². The van der Waals surface area contributed by atoms with Crippen molar-refractivity contribution in [1.29, 1.82) is 0 Å². The largest absolute Gasteiger partial charge is 0.418 e. The van der Waals surface area contributed by atoms with Gasteiger partial charge in [0.1, 0.15) is 0 Å². The van der Waals surface area contributed by atoms with Crippen LogP contribution in [0.2, 0.25) is 0 Å². The van der Waals surface area contributed by atoms with E-state index in [4.69, 9.17) is 4.84 Å². The van der Waals surface area contributed by atoms with Gasteiger partial charge in [-0.2, -0.15) is 31.1 Å². The van der Waals surface area contributed by atoms with Crippen molar-refractivity contribution in [3.63, 3.8) is 0 Å². The molecule has 0 aliphatic heterocycles. The third-order valence-corrected chi connectivity index (χ3v) is 4.85. The number of hydrogen-bond donors (Lipinski definition) is 0. The van der Waals surface area contributed by atoms with Gasteiger partial charge in [-0.05, 0) is 18.2 Å². The number of rotatable bonds is 3. The SMILES string of the molecule is CS(=O)(=O)c1ccc2ccn(Oc3cc(C(F)(F)F)c(C(F)(F)F)cn3)c2c1. The summed E-state index contributed by atoms with van der Waals surface area (Å²) in [6.07, 6.45) is -8.26. The number of alkyl halides is 6. The summed E-state index contributed by atoms with van der Waals surface area (Å²) >= 11 is 0. The highest BCUT2D eigenvalue weighted by atomic mass is 32.2. The average Bonchev–Trinajstić information content (AvgIpc) is 2.94. The number of sulfone groups is 1. The zero-order valence-corrected chi connectivity index (χ0v) is 14.7. The van der Waals surface area contributed by atoms with Gasteiger partial charge in [-0.15, -0.1) is 0 Å². The molecule has 0 bridgehead atoms. The molecule has 150 valence electrons. The van der Waals surface area contributed by atoms with Crippen molar-refractivity contribution in [3.05, 3.63) is 53.9 Å². The predicted molar refractivity (Wildman–Crippen MR) is 85.3 cm³/mol. The van der Waals surface area contributed by atoms with Gasteiger partial charge < -0.3 is 4.84 Å². The standard InChI is InChI=1S/C16H10F6N2O3S/c1-28(25,26)10-3-2-9-4-5-24(13(9)6-10)27-14-7-11(15(17,18)19)12(8-23-14)16(20,21)22/h2-8H,1H3. The van der Waals surface area contributed by atoms with Crippen LogP contribution in [0.3, 0.4) is 0 Å². The molecule has 12 heteroatoms. The molecule has 28 heavy (non-hydrogen) atoms. The van der Waals surface area contributed by atoms with Gasteiger partial charge in [0.25, 0.3) is 0 Å². The molecule has 0 spiro atoms. The lowest BCUT2D eigenvalue weighted by Crippen LogP contribution is -2.18. The quantitative estimate of drug-likeness (QED) is 0.588. The van der Waals surface area contributed by atoms with E-state index < -0.39 is 39.2 Å². The first-order valence-corrected chi connectivity index (χ1v) is 9.30. The Morgan fingerprint density at radius 1 is 0.964 bits per heavy atom. The van der Waals surface area contributed by atoms with Crippen LogP contribution in [0.1, 0.15) is 11.1 Å². The van der Waals surface area contributed by atoms with E-state index in [1.54, 1.807) is 0 Å². The number of fused-ring (bicyclic) bond motifs is 1. The highest BCUT2D eigenvalue weighted by molar-refractivity contribution is 7.90. The van der Waals surface area contributed by atoms with Crippen molar-refractivity contribution in [2.75, 3.05) is 6.26 Å². The van der Waals surface area contributed by atoms with Crippen molar-refractivity contribution < 1.29 is 39.6 Å². The lowest BCUT2D eigenvalue weighted by Gasteiger charge is -2.16. The molecule has 0 fully saturated rings. The zero-order valence-electron chi connectivity index (χ0n) is 13.8. The Balaban J connectivity index is 2.07. The minimum Gasteiger partial charge on any atom is -0.355 e. The van der Waals surface area contributed by atoms with Crippen molar-refractivity contribution in [1.82, 2.24) is 9.71 Å². The number of benzene rings is 1. The van der Waals surface area contributed by atoms with Gasteiger partial charge in [0.05, 0.1) is 21.5 Å². The van der Waals surface area contributed by atoms with Crippen LogP contribution in [-0.2, 0) is 22.2 Å². The summed E-state index contributed by atoms with van der Waals surface area (Å²) in [5.41, 5.74) is -3.71. The summed E-state index contributed by atoms with van der Waals surface area (Å²) in [4.78, 5) is 8.37. The molecule has 2 aromatic heterocycles. The maximum absolute atomic E-state index is 13.0. The molecule has 0 radical (unpaired) electrons. The Morgan fingerprint density at radius 2 is 1.61 bits per heavy atom. The Bertz CT molecular complexity index is 1150. The highest BCUT2D eigenvalue weighted by Crippen LogP contribution is 2.41. The summed E-state index contributed by atoms with van der Waals surface area (Å²) in [5, 5.41) is 0.496. The molecule has 0 aliphatic carbocycles. The molecule has 0 atom stereocenters. The highest BCUT2D eigenvalue weighted by Gasteiger charge is 2.44. The number of halogens is 6. The van der Waals surface area contributed by atoms with Crippen molar-refractivity contribution in [3.8, 4) is 5.88 Å². The van der Waals surface area contributed by atoms with E-state index >= 15 is 0 Å². The third kappa shape index (κ3) is 3.91. The van der Waals surface area contributed by atoms with Gasteiger partial charge in [0, 0.05) is 30.1 Å². The normalized spacial score (nSPS) is 13.1. The Morgan fingerprint density at radius 3 is 2.18 bits per heavy atom. The van der Waals surface area contributed by atoms with Gasteiger partial charge in [0.15, 0.2) is 9.84 Å². The monoisotopic (exact) mass is 424 g/mol. The van der Waals surface area contributed by atoms with E-state index in [1.165, 1.54) is 30.5 Å². The van der Waals surface area contributed by atoms with Crippen LogP contribution in [-0.4, -0.2) is 24.4 Å². The second kappa shape index (κ2) is 6.40. The molecule has 3 rings (SSSR count). The molecular formula is C16H10F6N2O3S. The lowest BCUT2D eigenvalue weighted by molar-refractivity contribution is -0.162. The zero-order chi connectivity index (χ0) is 20.9. The second-order valence-corrected chi connectivity index (χ2v) is 7.80. The van der Waals surface area contributed by atoms with E-state index in [-0.39, 0.29) is 22.7 Å². The first-order valence-electron chi connectivity index (χ1n) is 7.41. The number of hydrogen-bond acceptors (Lipinski definition) is 4. The summed E-state index contributed by atoms with van der Waals surface area (Å²) in [7, 11) is -3.57. The number of nitrogens with zero attached hydrogens (tertiary/aromatic N) is 2. The van der Waals surface area contributed by atoms with Gasteiger partial charge in [-0.25, -0.2) is 13.4 Å². The maximum atomic E-state index is 13.0. The summed E-state index contributed by atoms with van der Waals surface area (Å²) in [6, 6.07) is 5.62. The first kappa shape index (κ1) is 20.0. The van der Waals surface area contributed by atoms with Crippen LogP contribution in [0.5, 0.6) is 5.88 Å². The molecule has 0 N–H and O–H groups in total. The van der Waals surface area contributed by atoms with E-state index in [0.717, 1.165) is 11.0 Å². The summed E-state index contributed by atoms with van der Waals surface area (Å²) < 4.78 is 102. The molecular weight excluding hydrogens is 414 g/mol. The number of pyridine rings is 1. The lowest BCUT2D eigenvalue weighted by atomic mass is 10.1. The van der Waals surface area contributed by atoms with Crippen LogP contribution < -0.4 is 4.84 Å². The molecule has 0 saturated heterocycles. The second-order valence-electron chi connectivity index (χ2n) is 5.79. The smallest absolute Gasteiger partial charge is 0.355 e. The molecule has 0 saturated carbocycles. The van der Waals surface area contributed by atoms with E-state index in [9.17, 15) is 34.8 Å². The molecule has 1 aromatic carbocycles. The molecule has 2 heterocycles. The van der Waals surface area contributed by atoms with Crippen LogP contribution in [0.4, 0.5) is 26.3 Å². The average molecular weight is 424 g/mol. The topological polar surface area (TPSA) is 61.2 Å². The van der Waals surface area contributed by atoms with Gasteiger partial charge >= 0.3 is 12.4 Å². The molecule has 0 aliphatic rings. The molecule has 0 unspecified atom stereocenters. The van der Waals surface area contributed by atoms with Crippen LogP contribution in [0.15, 0.2) is 47.6 Å². The fraction of sp³-hybridized carbons (Fsp3) is 0.188. The first-order chi connectivity index (χ1) is 12.8. The minimum absolute atomic E-state index is 0.0335. The fourth-order valence-electron chi connectivity index (χ4n) is 2.44. The Kier molecular flexibility index (Phi) is 4.57.